The van der Waals surface area contributed by atoms with Crippen molar-refractivity contribution in [1.82, 2.24) is 4.90 Å². The van der Waals surface area contributed by atoms with Crippen molar-refractivity contribution in [2.45, 2.75) is 31.6 Å². The molecule has 2 rings (SSSR count). The second kappa shape index (κ2) is 3.75. The van der Waals surface area contributed by atoms with E-state index in [4.69, 9.17) is 4.74 Å². The van der Waals surface area contributed by atoms with E-state index in [0.29, 0.717) is 0 Å². The normalized spacial score (nSPS) is 27.4. The minimum Gasteiger partial charge on any atom is -0.485 e. The maximum absolute atomic E-state index is 10.3. The number of benzene rings is 1. The molecule has 3 heteroatoms. The lowest BCUT2D eigenvalue weighted by Crippen LogP contribution is -2.52. The monoisotopic (exact) mass is 221 g/mol. The molecule has 0 aromatic heterocycles. The average molecular weight is 221 g/mol. The third kappa shape index (κ3) is 1.70. The lowest BCUT2D eigenvalue weighted by Gasteiger charge is -2.44. The number of likely N-dealkylation sites (N-methyl/N-ethyl adjacent to an activating group) is 1. The van der Waals surface area contributed by atoms with E-state index in [2.05, 4.69) is 0 Å². The Morgan fingerprint density at radius 2 is 1.88 bits per heavy atom. The lowest BCUT2D eigenvalue weighted by atomic mass is 9.86. The first-order valence-corrected chi connectivity index (χ1v) is 5.56. The van der Waals surface area contributed by atoms with Crippen LogP contribution in [0.3, 0.4) is 0 Å². The van der Waals surface area contributed by atoms with E-state index in [9.17, 15) is 5.11 Å². The molecule has 0 bridgehead atoms. The van der Waals surface area contributed by atoms with E-state index in [1.807, 2.05) is 57.1 Å². The van der Waals surface area contributed by atoms with Gasteiger partial charge in [0.1, 0.15) is 17.5 Å². The van der Waals surface area contributed by atoms with Gasteiger partial charge in [0, 0.05) is 5.56 Å². The molecular formula is C13H19NO2. The smallest absolute Gasteiger partial charge is 0.131 e. The molecule has 2 atom stereocenters. The van der Waals surface area contributed by atoms with Gasteiger partial charge in [0.2, 0.25) is 0 Å². The highest BCUT2D eigenvalue weighted by Crippen LogP contribution is 2.41. The molecule has 1 aliphatic heterocycles. The highest BCUT2D eigenvalue weighted by molar-refractivity contribution is 5.40. The number of fused-ring (bicyclic) bond motifs is 1. The summed E-state index contributed by atoms with van der Waals surface area (Å²) < 4.78 is 5.84. The predicted octanol–water partition coefficient (Wildman–Crippen LogP) is 1.82. The first-order valence-electron chi connectivity index (χ1n) is 5.56. The van der Waals surface area contributed by atoms with Crippen LogP contribution in [0.1, 0.15) is 25.5 Å². The van der Waals surface area contributed by atoms with Gasteiger partial charge >= 0.3 is 0 Å². The van der Waals surface area contributed by atoms with Crippen LogP contribution in [-0.4, -0.2) is 35.8 Å². The topological polar surface area (TPSA) is 32.7 Å². The van der Waals surface area contributed by atoms with Crippen LogP contribution in [0.5, 0.6) is 5.75 Å². The number of hydrogen-bond acceptors (Lipinski definition) is 3. The van der Waals surface area contributed by atoms with Crippen molar-refractivity contribution in [2.75, 3.05) is 14.1 Å². The van der Waals surface area contributed by atoms with E-state index < -0.39 is 11.7 Å². The van der Waals surface area contributed by atoms with Crippen LogP contribution in [0.2, 0.25) is 0 Å². The molecule has 0 radical (unpaired) electrons. The van der Waals surface area contributed by atoms with Crippen molar-refractivity contribution >= 4 is 0 Å². The Balaban J connectivity index is 2.51. The average Bonchev–Trinajstić information content (AvgIpc) is 2.18. The molecule has 1 N–H and O–H groups in total. The third-order valence-electron chi connectivity index (χ3n) is 3.18. The van der Waals surface area contributed by atoms with Crippen molar-refractivity contribution in [3.63, 3.8) is 0 Å². The summed E-state index contributed by atoms with van der Waals surface area (Å²) >= 11 is 0. The van der Waals surface area contributed by atoms with Crippen LogP contribution in [0.15, 0.2) is 24.3 Å². The summed E-state index contributed by atoms with van der Waals surface area (Å²) in [7, 11) is 3.96. The highest BCUT2D eigenvalue weighted by Gasteiger charge is 2.43. The Bertz CT molecular complexity index is 387. The summed E-state index contributed by atoms with van der Waals surface area (Å²) in [4.78, 5) is 2.04. The fourth-order valence-electron chi connectivity index (χ4n) is 2.27. The van der Waals surface area contributed by atoms with Gasteiger partial charge in [0.15, 0.2) is 0 Å². The minimum absolute atomic E-state index is 0.0139. The van der Waals surface area contributed by atoms with Crippen LogP contribution >= 0.6 is 0 Å². The Labute approximate surface area is 96.6 Å². The van der Waals surface area contributed by atoms with Gasteiger partial charge in [-0.15, -0.1) is 0 Å². The second-order valence-electron chi connectivity index (χ2n) is 5.10. The van der Waals surface area contributed by atoms with E-state index in [-0.39, 0.29) is 6.04 Å². The van der Waals surface area contributed by atoms with Crippen LogP contribution in [-0.2, 0) is 0 Å². The fraction of sp³-hybridized carbons (Fsp3) is 0.538. The molecule has 16 heavy (non-hydrogen) atoms. The molecule has 3 nitrogen and oxygen atoms in total. The zero-order valence-electron chi connectivity index (χ0n) is 10.3. The molecule has 0 fully saturated rings. The molecule has 1 aliphatic rings. The molecule has 1 heterocycles. The summed E-state index contributed by atoms with van der Waals surface area (Å²) in [5.41, 5.74) is 0.503. The van der Waals surface area contributed by atoms with Crippen LogP contribution in [0.25, 0.3) is 0 Å². The Hall–Kier alpha value is -1.06. The maximum atomic E-state index is 10.3. The number of rotatable bonds is 1. The van der Waals surface area contributed by atoms with Crippen molar-refractivity contribution < 1.29 is 9.84 Å². The second-order valence-corrected chi connectivity index (χ2v) is 5.10. The molecule has 0 aliphatic carbocycles. The predicted molar refractivity (Wildman–Crippen MR) is 63.6 cm³/mol. The number of ether oxygens (including phenoxy) is 1. The van der Waals surface area contributed by atoms with E-state index in [1.165, 1.54) is 0 Å². The van der Waals surface area contributed by atoms with E-state index >= 15 is 0 Å². The van der Waals surface area contributed by atoms with Gasteiger partial charge in [-0.2, -0.15) is 0 Å². The molecule has 88 valence electrons. The van der Waals surface area contributed by atoms with Gasteiger partial charge in [-0.1, -0.05) is 18.2 Å². The number of nitrogens with zero attached hydrogens (tertiary/aromatic N) is 1. The van der Waals surface area contributed by atoms with Gasteiger partial charge in [-0.3, -0.25) is 4.90 Å². The standard InChI is InChI=1S/C13H19NO2/c1-13(2)12(15)11(14(3)4)9-7-5-6-8-10(9)16-13/h5-8,11-12,15H,1-4H3/t11-,12+/m0/s1. The summed E-state index contributed by atoms with van der Waals surface area (Å²) in [6.45, 7) is 3.84. The first-order chi connectivity index (χ1) is 7.43. The molecule has 0 spiro atoms. The molecule has 0 unspecified atom stereocenters. The van der Waals surface area contributed by atoms with Gasteiger partial charge in [0.25, 0.3) is 0 Å². The van der Waals surface area contributed by atoms with Crippen molar-refractivity contribution in [2.24, 2.45) is 0 Å². The van der Waals surface area contributed by atoms with Gasteiger partial charge in [0.05, 0.1) is 6.04 Å². The zero-order chi connectivity index (χ0) is 11.9. The first kappa shape index (κ1) is 11.4. The molecular weight excluding hydrogens is 202 g/mol. The Morgan fingerprint density at radius 1 is 1.25 bits per heavy atom. The zero-order valence-corrected chi connectivity index (χ0v) is 10.3. The molecule has 0 saturated heterocycles. The van der Waals surface area contributed by atoms with E-state index in [0.717, 1.165) is 11.3 Å². The molecule has 0 amide bonds. The quantitative estimate of drug-likeness (QED) is 0.785. The molecule has 0 saturated carbocycles. The Morgan fingerprint density at radius 3 is 2.50 bits per heavy atom. The molecule has 1 aromatic rings. The minimum atomic E-state index is -0.552. The van der Waals surface area contributed by atoms with Gasteiger partial charge in [-0.25, -0.2) is 0 Å². The Kier molecular flexibility index (Phi) is 2.68. The third-order valence-corrected chi connectivity index (χ3v) is 3.18. The van der Waals surface area contributed by atoms with Crippen LogP contribution in [0.4, 0.5) is 0 Å². The summed E-state index contributed by atoms with van der Waals surface area (Å²) in [6, 6.07) is 7.89. The number of aliphatic hydroxyl groups is 1. The van der Waals surface area contributed by atoms with Crippen LogP contribution in [0, 0.1) is 0 Å². The van der Waals surface area contributed by atoms with Crippen LogP contribution < -0.4 is 4.74 Å². The molecule has 1 aromatic carbocycles. The maximum Gasteiger partial charge on any atom is 0.131 e. The summed E-state index contributed by atoms with van der Waals surface area (Å²) in [6.07, 6.45) is -0.530. The number of hydrogen-bond donors (Lipinski definition) is 1. The van der Waals surface area contributed by atoms with Gasteiger partial charge in [-0.05, 0) is 34.0 Å². The summed E-state index contributed by atoms with van der Waals surface area (Å²) in [5.74, 6) is 0.872. The lowest BCUT2D eigenvalue weighted by molar-refractivity contribution is -0.0848. The van der Waals surface area contributed by atoms with Crippen molar-refractivity contribution in [3.8, 4) is 5.75 Å². The summed E-state index contributed by atoms with van der Waals surface area (Å²) in [5, 5.41) is 10.3. The highest BCUT2D eigenvalue weighted by atomic mass is 16.5. The fourth-order valence-corrected chi connectivity index (χ4v) is 2.27. The van der Waals surface area contributed by atoms with Crippen molar-refractivity contribution in [1.29, 1.82) is 0 Å². The van der Waals surface area contributed by atoms with E-state index in [1.54, 1.807) is 0 Å². The SMILES string of the molecule is CN(C)[C@H]1c2ccccc2OC(C)(C)[C@@H]1O. The van der Waals surface area contributed by atoms with Crippen molar-refractivity contribution in [3.05, 3.63) is 29.8 Å². The van der Waals surface area contributed by atoms with Gasteiger partial charge < -0.3 is 9.84 Å². The largest absolute Gasteiger partial charge is 0.485 e. The number of para-hydroxylation sites is 1. The number of aliphatic hydroxyl groups excluding tert-OH is 1.